The van der Waals surface area contributed by atoms with Crippen molar-refractivity contribution in [3.63, 3.8) is 0 Å². The van der Waals surface area contributed by atoms with Gasteiger partial charge in [-0.05, 0) is 51.8 Å². The third-order valence-electron chi connectivity index (χ3n) is 4.93. The van der Waals surface area contributed by atoms with E-state index in [1.54, 1.807) is 17.7 Å². The van der Waals surface area contributed by atoms with Crippen LogP contribution in [-0.2, 0) is 4.79 Å². The largest absolute Gasteiger partial charge is 0.360 e. The second kappa shape index (κ2) is 7.41. The molecule has 1 N–H and O–H groups in total. The summed E-state index contributed by atoms with van der Waals surface area (Å²) in [5, 5.41) is 19.7. The summed E-state index contributed by atoms with van der Waals surface area (Å²) in [5.41, 5.74) is 1.97. The monoisotopic (exact) mass is 381 g/mol. The molecule has 1 fully saturated rings. The first-order valence-electron chi connectivity index (χ1n) is 9.36. The number of rotatable bonds is 4. The summed E-state index contributed by atoms with van der Waals surface area (Å²) < 4.78 is 6.77. The van der Waals surface area contributed by atoms with Gasteiger partial charge in [0.05, 0.1) is 5.69 Å². The molecule has 1 saturated heterocycles. The standard InChI is InChI=1S/C19H23N7O2/c1-12-10-13(2)26(23-12)18-5-4-17(21-22-18)25-8-6-15(7-9-25)19(27)20-16-11-14(3)28-24-16/h4-5,10-11,15H,6-9H2,1-3H3,(H,20,24,27). The van der Waals surface area contributed by atoms with Gasteiger partial charge < -0.3 is 14.7 Å². The van der Waals surface area contributed by atoms with Crippen molar-refractivity contribution in [2.24, 2.45) is 5.92 Å². The Hall–Kier alpha value is -3.23. The molecular formula is C19H23N7O2. The van der Waals surface area contributed by atoms with Gasteiger partial charge in [0.15, 0.2) is 17.5 Å². The zero-order valence-corrected chi connectivity index (χ0v) is 16.2. The molecule has 9 nitrogen and oxygen atoms in total. The molecule has 1 amide bonds. The van der Waals surface area contributed by atoms with Gasteiger partial charge in [-0.2, -0.15) is 5.10 Å². The highest BCUT2D eigenvalue weighted by molar-refractivity contribution is 5.91. The summed E-state index contributed by atoms with van der Waals surface area (Å²) in [6.07, 6.45) is 1.51. The van der Waals surface area contributed by atoms with Gasteiger partial charge >= 0.3 is 0 Å². The summed E-state index contributed by atoms with van der Waals surface area (Å²) in [6, 6.07) is 7.60. The quantitative estimate of drug-likeness (QED) is 0.740. The fourth-order valence-electron chi connectivity index (χ4n) is 3.49. The average molecular weight is 381 g/mol. The number of hydrogen-bond acceptors (Lipinski definition) is 7. The Balaban J connectivity index is 1.36. The van der Waals surface area contributed by atoms with Gasteiger partial charge in [0.2, 0.25) is 5.91 Å². The summed E-state index contributed by atoms with van der Waals surface area (Å²) in [4.78, 5) is 14.6. The van der Waals surface area contributed by atoms with Crippen LogP contribution in [0.4, 0.5) is 11.6 Å². The van der Waals surface area contributed by atoms with Gasteiger partial charge in [-0.1, -0.05) is 5.16 Å². The summed E-state index contributed by atoms with van der Waals surface area (Å²) in [6.45, 7) is 7.25. The summed E-state index contributed by atoms with van der Waals surface area (Å²) in [5.74, 6) is 2.60. The third-order valence-corrected chi connectivity index (χ3v) is 4.93. The summed E-state index contributed by atoms with van der Waals surface area (Å²) >= 11 is 0. The van der Waals surface area contributed by atoms with Crippen LogP contribution in [0, 0.1) is 26.7 Å². The second-order valence-electron chi connectivity index (χ2n) is 7.16. The van der Waals surface area contributed by atoms with Crippen molar-refractivity contribution in [2.45, 2.75) is 33.6 Å². The Kier molecular flexibility index (Phi) is 4.81. The molecule has 4 heterocycles. The van der Waals surface area contributed by atoms with E-state index >= 15 is 0 Å². The molecule has 0 bridgehead atoms. The fourth-order valence-corrected chi connectivity index (χ4v) is 3.49. The molecule has 1 aliphatic heterocycles. The van der Waals surface area contributed by atoms with Gasteiger partial charge in [0.25, 0.3) is 0 Å². The van der Waals surface area contributed by atoms with Gasteiger partial charge in [-0.3, -0.25) is 4.79 Å². The number of carbonyl (C=O) groups excluding carboxylic acids is 1. The number of carbonyl (C=O) groups is 1. The highest BCUT2D eigenvalue weighted by Crippen LogP contribution is 2.23. The predicted octanol–water partition coefficient (Wildman–Crippen LogP) is 2.43. The molecule has 146 valence electrons. The lowest BCUT2D eigenvalue weighted by Gasteiger charge is -2.31. The van der Waals surface area contributed by atoms with Crippen molar-refractivity contribution < 1.29 is 9.32 Å². The molecule has 0 saturated carbocycles. The lowest BCUT2D eigenvalue weighted by atomic mass is 9.96. The zero-order chi connectivity index (χ0) is 19.7. The molecular weight excluding hydrogens is 358 g/mol. The Morgan fingerprint density at radius 1 is 1.11 bits per heavy atom. The molecule has 28 heavy (non-hydrogen) atoms. The lowest BCUT2D eigenvalue weighted by Crippen LogP contribution is -2.38. The zero-order valence-electron chi connectivity index (χ0n) is 16.2. The van der Waals surface area contributed by atoms with Gasteiger partial charge in [0.1, 0.15) is 5.76 Å². The van der Waals surface area contributed by atoms with Crippen molar-refractivity contribution in [2.75, 3.05) is 23.3 Å². The fraction of sp³-hybridized carbons (Fsp3) is 0.421. The minimum Gasteiger partial charge on any atom is -0.360 e. The van der Waals surface area contributed by atoms with E-state index in [4.69, 9.17) is 4.52 Å². The number of nitrogens with one attached hydrogen (secondary N) is 1. The number of hydrogen-bond donors (Lipinski definition) is 1. The minimum atomic E-state index is -0.0461. The van der Waals surface area contributed by atoms with Crippen molar-refractivity contribution in [3.05, 3.63) is 41.4 Å². The molecule has 0 aromatic carbocycles. The number of piperidine rings is 1. The maximum atomic E-state index is 12.4. The van der Waals surface area contributed by atoms with Crippen LogP contribution in [-0.4, -0.2) is 44.1 Å². The first-order chi connectivity index (χ1) is 13.5. The number of aryl methyl sites for hydroxylation is 3. The van der Waals surface area contributed by atoms with Gasteiger partial charge in [0, 0.05) is 30.8 Å². The SMILES string of the molecule is Cc1cc(C)n(-c2ccc(N3CCC(C(=O)Nc4cc(C)on4)CC3)nn2)n1. The maximum absolute atomic E-state index is 12.4. The van der Waals surface area contributed by atoms with E-state index in [0.29, 0.717) is 17.4 Å². The van der Waals surface area contributed by atoms with Crippen molar-refractivity contribution in [1.29, 1.82) is 0 Å². The molecule has 3 aromatic heterocycles. The van der Waals surface area contributed by atoms with Crippen LogP contribution in [0.3, 0.4) is 0 Å². The van der Waals surface area contributed by atoms with E-state index in [0.717, 1.165) is 43.1 Å². The lowest BCUT2D eigenvalue weighted by molar-refractivity contribution is -0.120. The molecule has 0 aliphatic carbocycles. The number of amides is 1. The van der Waals surface area contributed by atoms with Crippen LogP contribution >= 0.6 is 0 Å². The number of nitrogens with zero attached hydrogens (tertiary/aromatic N) is 6. The van der Waals surface area contributed by atoms with Crippen LogP contribution < -0.4 is 10.2 Å². The first kappa shape index (κ1) is 18.1. The first-order valence-corrected chi connectivity index (χ1v) is 9.36. The average Bonchev–Trinajstić information content (AvgIpc) is 3.26. The second-order valence-corrected chi connectivity index (χ2v) is 7.16. The molecule has 0 unspecified atom stereocenters. The van der Waals surface area contributed by atoms with Crippen LogP contribution in [0.25, 0.3) is 5.82 Å². The number of aromatic nitrogens is 5. The smallest absolute Gasteiger partial charge is 0.228 e. The van der Waals surface area contributed by atoms with E-state index in [9.17, 15) is 4.79 Å². The Labute approximate surface area is 162 Å². The Bertz CT molecular complexity index is 969. The number of anilines is 2. The van der Waals surface area contributed by atoms with E-state index in [1.165, 1.54) is 0 Å². The van der Waals surface area contributed by atoms with E-state index < -0.39 is 0 Å². The normalized spacial score (nSPS) is 15.0. The molecule has 3 aromatic rings. The predicted molar refractivity (Wildman–Crippen MR) is 103 cm³/mol. The van der Waals surface area contributed by atoms with E-state index in [2.05, 4.69) is 30.7 Å². The van der Waals surface area contributed by atoms with Crippen LogP contribution in [0.2, 0.25) is 0 Å². The Morgan fingerprint density at radius 2 is 1.82 bits per heavy atom. The maximum Gasteiger partial charge on any atom is 0.228 e. The van der Waals surface area contributed by atoms with Gasteiger partial charge in [-0.15, -0.1) is 10.2 Å². The minimum absolute atomic E-state index is 0.0149. The molecule has 0 radical (unpaired) electrons. The van der Waals surface area contributed by atoms with Crippen molar-refractivity contribution in [3.8, 4) is 5.82 Å². The van der Waals surface area contributed by atoms with Crippen molar-refractivity contribution >= 4 is 17.5 Å². The highest BCUT2D eigenvalue weighted by atomic mass is 16.5. The molecule has 0 atom stereocenters. The molecule has 0 spiro atoms. The van der Waals surface area contributed by atoms with Gasteiger partial charge in [-0.25, -0.2) is 4.68 Å². The molecule has 1 aliphatic rings. The molecule has 9 heteroatoms. The molecule has 4 rings (SSSR count). The summed E-state index contributed by atoms with van der Waals surface area (Å²) in [7, 11) is 0. The van der Waals surface area contributed by atoms with Crippen LogP contribution in [0.15, 0.2) is 28.8 Å². The van der Waals surface area contributed by atoms with Crippen molar-refractivity contribution in [1.82, 2.24) is 25.1 Å². The van der Waals surface area contributed by atoms with E-state index in [-0.39, 0.29) is 11.8 Å². The van der Waals surface area contributed by atoms with Crippen LogP contribution in [0.1, 0.15) is 30.0 Å². The topological polar surface area (TPSA) is 102 Å². The van der Waals surface area contributed by atoms with Crippen LogP contribution in [0.5, 0.6) is 0 Å². The Morgan fingerprint density at radius 3 is 2.39 bits per heavy atom. The third kappa shape index (κ3) is 3.73. The van der Waals surface area contributed by atoms with E-state index in [1.807, 2.05) is 32.0 Å². The highest BCUT2D eigenvalue weighted by Gasteiger charge is 2.26.